The van der Waals surface area contributed by atoms with Crippen molar-refractivity contribution in [1.29, 1.82) is 0 Å². The highest BCUT2D eigenvalue weighted by molar-refractivity contribution is 5.97. The Morgan fingerprint density at radius 2 is 1.95 bits per heavy atom. The summed E-state index contributed by atoms with van der Waals surface area (Å²) < 4.78 is 0. The van der Waals surface area contributed by atoms with Gasteiger partial charge >= 0.3 is 0 Å². The third-order valence-corrected chi connectivity index (χ3v) is 2.85. The standard InChI is InChI=1S/C16H25N3O2/c1-4-9-18-16(21)13-6-5-7-14(11-13)19-15(20)8-10-17-12(2)3/h5-7,11-12,17H,4,8-10H2,1-3H3,(H,18,21)(H,19,20). The molecule has 0 fully saturated rings. The largest absolute Gasteiger partial charge is 0.352 e. The van der Waals surface area contributed by atoms with Gasteiger partial charge in [-0.05, 0) is 24.6 Å². The van der Waals surface area contributed by atoms with Crippen LogP contribution in [-0.4, -0.2) is 30.9 Å². The summed E-state index contributed by atoms with van der Waals surface area (Å²) in [5.74, 6) is -0.177. The van der Waals surface area contributed by atoms with Crippen LogP contribution in [0.15, 0.2) is 24.3 Å². The first-order valence-corrected chi connectivity index (χ1v) is 7.44. The van der Waals surface area contributed by atoms with Crippen molar-refractivity contribution in [1.82, 2.24) is 10.6 Å². The molecule has 1 rings (SSSR count). The first-order valence-electron chi connectivity index (χ1n) is 7.44. The minimum absolute atomic E-state index is 0.0609. The predicted molar refractivity (Wildman–Crippen MR) is 85.5 cm³/mol. The zero-order valence-corrected chi connectivity index (χ0v) is 13.0. The van der Waals surface area contributed by atoms with Crippen LogP contribution in [0.5, 0.6) is 0 Å². The van der Waals surface area contributed by atoms with Gasteiger partial charge in [0.1, 0.15) is 0 Å². The zero-order valence-electron chi connectivity index (χ0n) is 13.0. The number of nitrogens with one attached hydrogen (secondary N) is 3. The van der Waals surface area contributed by atoms with E-state index in [0.717, 1.165) is 6.42 Å². The van der Waals surface area contributed by atoms with Gasteiger partial charge in [0.15, 0.2) is 0 Å². The first kappa shape index (κ1) is 17.2. The Morgan fingerprint density at radius 1 is 1.19 bits per heavy atom. The fourth-order valence-electron chi connectivity index (χ4n) is 1.78. The Hall–Kier alpha value is -1.88. The molecule has 0 aliphatic rings. The van der Waals surface area contributed by atoms with E-state index in [2.05, 4.69) is 16.0 Å². The molecule has 0 unspecified atom stereocenters. The van der Waals surface area contributed by atoms with Gasteiger partial charge in [-0.1, -0.05) is 26.8 Å². The maximum atomic E-state index is 11.9. The van der Waals surface area contributed by atoms with Gasteiger partial charge in [0.05, 0.1) is 0 Å². The van der Waals surface area contributed by atoms with Crippen LogP contribution in [-0.2, 0) is 4.79 Å². The van der Waals surface area contributed by atoms with E-state index in [9.17, 15) is 9.59 Å². The molecule has 2 amide bonds. The second kappa shape index (κ2) is 9.13. The van der Waals surface area contributed by atoms with Gasteiger partial charge in [-0.3, -0.25) is 9.59 Å². The summed E-state index contributed by atoms with van der Waals surface area (Å²) in [7, 11) is 0. The lowest BCUT2D eigenvalue weighted by Gasteiger charge is -2.09. The Kier molecular flexibility index (Phi) is 7.46. The van der Waals surface area contributed by atoms with Crippen LogP contribution in [0.2, 0.25) is 0 Å². The molecule has 5 heteroatoms. The monoisotopic (exact) mass is 291 g/mol. The van der Waals surface area contributed by atoms with Crippen LogP contribution >= 0.6 is 0 Å². The van der Waals surface area contributed by atoms with Crippen molar-refractivity contribution in [2.45, 2.75) is 39.7 Å². The lowest BCUT2D eigenvalue weighted by molar-refractivity contribution is -0.116. The maximum Gasteiger partial charge on any atom is 0.251 e. The average molecular weight is 291 g/mol. The molecule has 0 atom stereocenters. The summed E-state index contributed by atoms with van der Waals surface area (Å²) in [5.41, 5.74) is 1.20. The highest BCUT2D eigenvalue weighted by Crippen LogP contribution is 2.11. The van der Waals surface area contributed by atoms with E-state index in [0.29, 0.717) is 36.8 Å². The minimum atomic E-state index is -0.116. The number of hydrogen-bond donors (Lipinski definition) is 3. The number of amides is 2. The molecule has 0 radical (unpaired) electrons. The van der Waals surface area contributed by atoms with E-state index < -0.39 is 0 Å². The van der Waals surface area contributed by atoms with Crippen LogP contribution in [0.1, 0.15) is 44.0 Å². The normalized spacial score (nSPS) is 10.5. The van der Waals surface area contributed by atoms with Crippen molar-refractivity contribution in [2.75, 3.05) is 18.4 Å². The van der Waals surface area contributed by atoms with Gasteiger partial charge in [-0.2, -0.15) is 0 Å². The molecule has 1 aromatic rings. The van der Waals surface area contributed by atoms with Gasteiger partial charge in [0.25, 0.3) is 5.91 Å². The highest BCUT2D eigenvalue weighted by Gasteiger charge is 2.07. The summed E-state index contributed by atoms with van der Waals surface area (Å²) in [5, 5.41) is 8.81. The summed E-state index contributed by atoms with van der Waals surface area (Å²) in [6, 6.07) is 7.34. The molecule has 0 saturated carbocycles. The lowest BCUT2D eigenvalue weighted by atomic mass is 10.2. The topological polar surface area (TPSA) is 70.2 Å². The van der Waals surface area contributed by atoms with E-state index in [4.69, 9.17) is 0 Å². The quantitative estimate of drug-likeness (QED) is 0.687. The summed E-state index contributed by atoms with van der Waals surface area (Å²) in [4.78, 5) is 23.7. The number of carbonyl (C=O) groups excluding carboxylic acids is 2. The second-order valence-electron chi connectivity index (χ2n) is 5.24. The minimum Gasteiger partial charge on any atom is -0.352 e. The molecule has 21 heavy (non-hydrogen) atoms. The van der Waals surface area contributed by atoms with Crippen LogP contribution in [0, 0.1) is 0 Å². The fraction of sp³-hybridized carbons (Fsp3) is 0.500. The van der Waals surface area contributed by atoms with E-state index in [1.54, 1.807) is 24.3 Å². The molecule has 3 N–H and O–H groups in total. The molecule has 1 aromatic carbocycles. The SMILES string of the molecule is CCCNC(=O)c1cccc(NC(=O)CCNC(C)C)c1. The molecule has 5 nitrogen and oxygen atoms in total. The first-order chi connectivity index (χ1) is 10.0. The van der Waals surface area contributed by atoms with E-state index in [1.165, 1.54) is 0 Å². The van der Waals surface area contributed by atoms with Gasteiger partial charge in [-0.15, -0.1) is 0 Å². The Bertz CT molecular complexity index is 472. The molecule has 0 aliphatic carbocycles. The third-order valence-electron chi connectivity index (χ3n) is 2.85. The smallest absolute Gasteiger partial charge is 0.251 e. The summed E-state index contributed by atoms with van der Waals surface area (Å²) in [6.45, 7) is 7.37. The third kappa shape index (κ3) is 6.90. The zero-order chi connectivity index (χ0) is 15.7. The van der Waals surface area contributed by atoms with Gasteiger partial charge in [0, 0.05) is 36.8 Å². The number of anilines is 1. The van der Waals surface area contributed by atoms with Crippen molar-refractivity contribution in [3.05, 3.63) is 29.8 Å². The molecule has 116 valence electrons. The molecular weight excluding hydrogens is 266 g/mol. The van der Waals surface area contributed by atoms with E-state index >= 15 is 0 Å². The average Bonchev–Trinajstić information content (AvgIpc) is 2.44. The Labute approximate surface area is 126 Å². The molecule has 0 spiro atoms. The van der Waals surface area contributed by atoms with Crippen molar-refractivity contribution in [3.63, 3.8) is 0 Å². The molecular formula is C16H25N3O2. The molecule has 0 bridgehead atoms. The number of rotatable bonds is 8. The van der Waals surface area contributed by atoms with Crippen molar-refractivity contribution < 1.29 is 9.59 Å². The van der Waals surface area contributed by atoms with E-state index in [-0.39, 0.29) is 11.8 Å². The predicted octanol–water partition coefficient (Wildman–Crippen LogP) is 2.15. The van der Waals surface area contributed by atoms with Crippen molar-refractivity contribution in [2.24, 2.45) is 0 Å². The fourth-order valence-corrected chi connectivity index (χ4v) is 1.78. The molecule has 0 saturated heterocycles. The number of hydrogen-bond acceptors (Lipinski definition) is 3. The molecule has 0 heterocycles. The van der Waals surface area contributed by atoms with Crippen molar-refractivity contribution in [3.8, 4) is 0 Å². The van der Waals surface area contributed by atoms with Crippen molar-refractivity contribution >= 4 is 17.5 Å². The van der Waals surface area contributed by atoms with Crippen LogP contribution in [0.4, 0.5) is 5.69 Å². The number of carbonyl (C=O) groups is 2. The van der Waals surface area contributed by atoms with Crippen LogP contribution in [0.3, 0.4) is 0 Å². The van der Waals surface area contributed by atoms with Gasteiger partial charge in [0.2, 0.25) is 5.91 Å². The summed E-state index contributed by atoms with van der Waals surface area (Å²) >= 11 is 0. The Morgan fingerprint density at radius 3 is 2.62 bits per heavy atom. The molecule has 0 aromatic heterocycles. The Balaban J connectivity index is 2.52. The summed E-state index contributed by atoms with van der Waals surface area (Å²) in [6.07, 6.45) is 1.30. The van der Waals surface area contributed by atoms with Crippen LogP contribution < -0.4 is 16.0 Å². The van der Waals surface area contributed by atoms with E-state index in [1.807, 2.05) is 20.8 Å². The maximum absolute atomic E-state index is 11.9. The second-order valence-corrected chi connectivity index (χ2v) is 5.24. The highest BCUT2D eigenvalue weighted by atomic mass is 16.2. The molecule has 0 aliphatic heterocycles. The lowest BCUT2D eigenvalue weighted by Crippen LogP contribution is -2.27. The van der Waals surface area contributed by atoms with Gasteiger partial charge < -0.3 is 16.0 Å². The number of benzene rings is 1. The van der Waals surface area contributed by atoms with Gasteiger partial charge in [-0.25, -0.2) is 0 Å². The van der Waals surface area contributed by atoms with Crippen LogP contribution in [0.25, 0.3) is 0 Å².